The van der Waals surface area contributed by atoms with Gasteiger partial charge in [0.2, 0.25) is 5.88 Å². The predicted octanol–water partition coefficient (Wildman–Crippen LogP) is 4.76. The van der Waals surface area contributed by atoms with Crippen LogP contribution in [0.1, 0.15) is 31.2 Å². The Morgan fingerprint density at radius 1 is 1.21 bits per heavy atom. The monoisotopic (exact) mass is 522 g/mol. The molecule has 0 radical (unpaired) electrons. The van der Waals surface area contributed by atoms with Crippen LogP contribution in [0.3, 0.4) is 0 Å². The molecule has 1 aliphatic heterocycles. The van der Waals surface area contributed by atoms with Crippen molar-refractivity contribution in [3.63, 3.8) is 0 Å². The van der Waals surface area contributed by atoms with Crippen LogP contribution in [0.25, 0.3) is 17.1 Å². The van der Waals surface area contributed by atoms with Crippen LogP contribution in [0, 0.1) is 23.0 Å². The van der Waals surface area contributed by atoms with Crippen molar-refractivity contribution in [3.8, 4) is 5.88 Å². The van der Waals surface area contributed by atoms with E-state index < -0.39 is 17.0 Å². The SMILES string of the molecule is COC(=O)[C@@]12CC[C@@H](NCC=Cc3cc(F)ccc3F)C[C@H]1CCN(c1ccnc3ccc(OC)nc13)C2. The molecule has 1 saturated heterocycles. The van der Waals surface area contributed by atoms with E-state index in [4.69, 9.17) is 9.47 Å². The second kappa shape index (κ2) is 11.0. The standard InChI is InChI=1S/C29H32F2N4O3/c1-37-26-8-7-24-27(34-26)25(10-14-33-24)35-15-11-20-17-22(9-12-29(20,18-35)28(36)38-2)32-13-3-4-19-16-21(30)5-6-23(19)31/h3-8,10,14,16,20,22,32H,9,11-13,15,17-18H2,1-2H3/t20-,22-,29-/m1/s1. The van der Waals surface area contributed by atoms with E-state index in [1.165, 1.54) is 13.2 Å². The molecule has 3 atom stereocenters. The third kappa shape index (κ3) is 5.07. The molecule has 9 heteroatoms. The number of piperidine rings is 1. The summed E-state index contributed by atoms with van der Waals surface area (Å²) in [6.07, 6.45) is 8.35. The fourth-order valence-electron chi connectivity index (χ4n) is 6.01. The van der Waals surface area contributed by atoms with Gasteiger partial charge in [-0.05, 0) is 61.9 Å². The number of aromatic nitrogens is 2. The number of anilines is 1. The van der Waals surface area contributed by atoms with E-state index in [2.05, 4.69) is 20.2 Å². The minimum atomic E-state index is -0.611. The highest BCUT2D eigenvalue weighted by Crippen LogP contribution is 2.48. The predicted molar refractivity (Wildman–Crippen MR) is 142 cm³/mol. The Morgan fingerprint density at radius 3 is 2.89 bits per heavy atom. The van der Waals surface area contributed by atoms with Crippen LogP contribution in [0.5, 0.6) is 5.88 Å². The maximum Gasteiger partial charge on any atom is 0.313 e. The number of nitrogens with one attached hydrogen (secondary N) is 1. The highest BCUT2D eigenvalue weighted by atomic mass is 19.1. The zero-order chi connectivity index (χ0) is 26.7. The lowest BCUT2D eigenvalue weighted by molar-refractivity contribution is -0.160. The molecule has 38 heavy (non-hydrogen) atoms. The molecule has 0 unspecified atom stereocenters. The molecule has 1 N–H and O–H groups in total. The fraction of sp³-hybridized carbons (Fsp3) is 0.414. The smallest absolute Gasteiger partial charge is 0.313 e. The quantitative estimate of drug-likeness (QED) is 0.449. The largest absolute Gasteiger partial charge is 0.481 e. The number of hydrogen-bond donors (Lipinski definition) is 1. The average molecular weight is 523 g/mol. The van der Waals surface area contributed by atoms with E-state index in [0.29, 0.717) is 25.4 Å². The molecule has 3 aromatic rings. The van der Waals surface area contributed by atoms with Gasteiger partial charge in [0.25, 0.3) is 0 Å². The minimum absolute atomic E-state index is 0.165. The van der Waals surface area contributed by atoms with E-state index in [9.17, 15) is 13.6 Å². The third-order valence-corrected chi connectivity index (χ3v) is 7.97. The molecule has 1 aromatic carbocycles. The molecule has 1 saturated carbocycles. The van der Waals surface area contributed by atoms with Crippen LogP contribution in [0.15, 0.2) is 48.7 Å². The van der Waals surface area contributed by atoms with E-state index in [0.717, 1.165) is 54.7 Å². The molecule has 2 aliphatic rings. The lowest BCUT2D eigenvalue weighted by Gasteiger charge is -2.51. The minimum Gasteiger partial charge on any atom is -0.481 e. The Labute approximate surface area is 220 Å². The second-order valence-corrected chi connectivity index (χ2v) is 10.1. The Hall–Kier alpha value is -3.59. The van der Waals surface area contributed by atoms with Crippen molar-refractivity contribution >= 4 is 28.8 Å². The molecule has 2 aromatic heterocycles. The summed E-state index contributed by atoms with van der Waals surface area (Å²) >= 11 is 0. The molecule has 0 spiro atoms. The number of carbonyl (C=O) groups is 1. The summed E-state index contributed by atoms with van der Waals surface area (Å²) in [6, 6.07) is 9.27. The summed E-state index contributed by atoms with van der Waals surface area (Å²) < 4.78 is 38.0. The van der Waals surface area contributed by atoms with E-state index in [-0.39, 0.29) is 23.5 Å². The van der Waals surface area contributed by atoms with Crippen molar-refractivity contribution in [1.82, 2.24) is 15.3 Å². The topological polar surface area (TPSA) is 76.6 Å². The normalized spacial score (nSPS) is 23.4. The van der Waals surface area contributed by atoms with E-state index in [1.807, 2.05) is 12.1 Å². The third-order valence-electron chi connectivity index (χ3n) is 7.97. The van der Waals surface area contributed by atoms with Gasteiger partial charge >= 0.3 is 5.97 Å². The molecular formula is C29H32F2N4O3. The highest BCUT2D eigenvalue weighted by molar-refractivity contribution is 5.89. The van der Waals surface area contributed by atoms with Crippen molar-refractivity contribution < 1.29 is 23.0 Å². The molecule has 2 fully saturated rings. The lowest BCUT2D eigenvalue weighted by Crippen LogP contribution is -2.58. The molecule has 3 heterocycles. The van der Waals surface area contributed by atoms with Gasteiger partial charge in [0.1, 0.15) is 17.2 Å². The Balaban J connectivity index is 1.30. The van der Waals surface area contributed by atoms with Crippen LogP contribution < -0.4 is 15.0 Å². The number of hydrogen-bond acceptors (Lipinski definition) is 7. The number of fused-ring (bicyclic) bond motifs is 2. The number of rotatable bonds is 7. The summed E-state index contributed by atoms with van der Waals surface area (Å²) in [6.45, 7) is 1.86. The van der Waals surface area contributed by atoms with E-state index in [1.54, 1.807) is 31.5 Å². The second-order valence-electron chi connectivity index (χ2n) is 10.1. The molecule has 7 nitrogen and oxygen atoms in total. The van der Waals surface area contributed by atoms with Gasteiger partial charge < -0.3 is 19.7 Å². The molecule has 0 bridgehead atoms. The Kier molecular flexibility index (Phi) is 7.56. The van der Waals surface area contributed by atoms with Crippen molar-refractivity contribution in [2.45, 2.75) is 31.7 Å². The average Bonchev–Trinajstić information content (AvgIpc) is 2.95. The summed E-state index contributed by atoms with van der Waals surface area (Å²) in [5.41, 5.74) is 2.08. The van der Waals surface area contributed by atoms with Crippen molar-refractivity contribution in [2.24, 2.45) is 11.3 Å². The number of methoxy groups -OCH3 is 2. The number of nitrogens with zero attached hydrogens (tertiary/aromatic N) is 3. The summed E-state index contributed by atoms with van der Waals surface area (Å²) in [5.74, 6) is -0.407. The first-order valence-electron chi connectivity index (χ1n) is 12.9. The Bertz CT molecular complexity index is 1350. The first kappa shape index (κ1) is 26.0. The maximum atomic E-state index is 13.9. The summed E-state index contributed by atoms with van der Waals surface area (Å²) in [4.78, 5) is 24.6. The summed E-state index contributed by atoms with van der Waals surface area (Å²) in [7, 11) is 3.05. The zero-order valence-electron chi connectivity index (χ0n) is 21.6. The van der Waals surface area contributed by atoms with Crippen LogP contribution in [-0.4, -0.2) is 55.8 Å². The highest BCUT2D eigenvalue weighted by Gasteiger charge is 2.53. The van der Waals surface area contributed by atoms with Crippen molar-refractivity contribution in [3.05, 3.63) is 65.9 Å². The van der Waals surface area contributed by atoms with Crippen LogP contribution in [0.2, 0.25) is 0 Å². The first-order valence-corrected chi connectivity index (χ1v) is 12.9. The van der Waals surface area contributed by atoms with Gasteiger partial charge in [-0.1, -0.05) is 12.2 Å². The van der Waals surface area contributed by atoms with Crippen LogP contribution in [-0.2, 0) is 9.53 Å². The van der Waals surface area contributed by atoms with Gasteiger partial charge in [0, 0.05) is 43.5 Å². The summed E-state index contributed by atoms with van der Waals surface area (Å²) in [5, 5.41) is 3.51. The Morgan fingerprint density at radius 2 is 2.08 bits per heavy atom. The zero-order valence-corrected chi connectivity index (χ0v) is 21.6. The van der Waals surface area contributed by atoms with Gasteiger partial charge in [-0.2, -0.15) is 0 Å². The number of pyridine rings is 2. The van der Waals surface area contributed by atoms with Gasteiger partial charge in [0.15, 0.2) is 0 Å². The lowest BCUT2D eigenvalue weighted by atomic mass is 9.61. The number of carbonyl (C=O) groups excluding carboxylic acids is 1. The number of benzene rings is 1. The number of esters is 1. The molecule has 0 amide bonds. The van der Waals surface area contributed by atoms with Gasteiger partial charge in [0.05, 0.1) is 30.8 Å². The van der Waals surface area contributed by atoms with Gasteiger partial charge in [-0.25, -0.2) is 13.8 Å². The number of halogens is 2. The van der Waals surface area contributed by atoms with Crippen molar-refractivity contribution in [1.29, 1.82) is 0 Å². The molecule has 5 rings (SSSR count). The van der Waals surface area contributed by atoms with Gasteiger partial charge in [-0.3, -0.25) is 9.78 Å². The van der Waals surface area contributed by atoms with Crippen LogP contribution >= 0.6 is 0 Å². The van der Waals surface area contributed by atoms with Crippen molar-refractivity contribution in [2.75, 3.05) is 38.8 Å². The fourth-order valence-corrected chi connectivity index (χ4v) is 6.01. The van der Waals surface area contributed by atoms with Gasteiger partial charge in [-0.15, -0.1) is 0 Å². The molecule has 200 valence electrons. The number of ether oxygens (including phenoxy) is 2. The van der Waals surface area contributed by atoms with E-state index >= 15 is 0 Å². The molecular weight excluding hydrogens is 490 g/mol. The van der Waals surface area contributed by atoms with Crippen LogP contribution in [0.4, 0.5) is 14.5 Å². The maximum absolute atomic E-state index is 13.9. The molecule has 1 aliphatic carbocycles. The first-order chi connectivity index (χ1) is 18.4.